The number of hydrogen-bond donors (Lipinski definition) is 2. The smallest absolute Gasteiger partial charge is 0.422 e. The number of nitrogens with one attached hydrogen (secondary N) is 2. The molecule has 3 rings (SSSR count). The maximum atomic E-state index is 14.2. The monoisotopic (exact) mass is 422 g/mol. The van der Waals surface area contributed by atoms with E-state index in [0.29, 0.717) is 32.2 Å². The molecule has 2 heterocycles. The SMILES string of the molecule is Cc1c(F)c(F)cc(Nc2nc(OCC(F)(F)F)nc(N3CCNCC3)n2)c1F. The fourth-order valence-electron chi connectivity index (χ4n) is 2.56. The molecule has 13 heteroatoms. The van der Waals surface area contributed by atoms with E-state index in [1.807, 2.05) is 0 Å². The Hall–Kier alpha value is -2.83. The van der Waals surface area contributed by atoms with Gasteiger partial charge in [0.15, 0.2) is 24.1 Å². The number of anilines is 3. The zero-order valence-corrected chi connectivity index (χ0v) is 15.1. The molecule has 1 saturated heterocycles. The van der Waals surface area contributed by atoms with Gasteiger partial charge in [-0.2, -0.15) is 28.1 Å². The molecule has 7 nitrogen and oxygen atoms in total. The van der Waals surface area contributed by atoms with Crippen molar-refractivity contribution in [1.29, 1.82) is 0 Å². The fraction of sp³-hybridized carbons (Fsp3) is 0.438. The van der Waals surface area contributed by atoms with Gasteiger partial charge < -0.3 is 20.3 Å². The largest absolute Gasteiger partial charge is 0.454 e. The minimum Gasteiger partial charge on any atom is -0.454 e. The molecule has 0 aliphatic carbocycles. The molecule has 0 saturated carbocycles. The van der Waals surface area contributed by atoms with Crippen molar-refractivity contribution in [2.24, 2.45) is 0 Å². The first-order chi connectivity index (χ1) is 13.6. The molecule has 0 unspecified atom stereocenters. The van der Waals surface area contributed by atoms with Gasteiger partial charge in [-0.05, 0) is 6.92 Å². The second-order valence-corrected chi connectivity index (χ2v) is 6.17. The normalized spacial score (nSPS) is 14.8. The molecule has 0 bridgehead atoms. The maximum absolute atomic E-state index is 14.2. The predicted octanol–water partition coefficient (Wildman–Crippen LogP) is 2.69. The number of hydrogen-bond acceptors (Lipinski definition) is 7. The number of nitrogens with zero attached hydrogens (tertiary/aromatic N) is 4. The lowest BCUT2D eigenvalue weighted by atomic mass is 10.2. The number of aromatic nitrogens is 3. The molecule has 0 amide bonds. The quantitative estimate of drug-likeness (QED) is 0.567. The van der Waals surface area contributed by atoms with Crippen LogP contribution in [-0.4, -0.2) is 53.9 Å². The van der Waals surface area contributed by atoms with Crippen molar-refractivity contribution in [3.05, 3.63) is 29.1 Å². The topological polar surface area (TPSA) is 75.2 Å². The number of rotatable bonds is 5. The summed E-state index contributed by atoms with van der Waals surface area (Å²) in [5, 5.41) is 5.44. The van der Waals surface area contributed by atoms with E-state index in [0.717, 1.165) is 6.92 Å². The van der Waals surface area contributed by atoms with Gasteiger partial charge in [-0.3, -0.25) is 0 Å². The van der Waals surface area contributed by atoms with E-state index in [1.165, 1.54) is 0 Å². The number of alkyl halides is 3. The number of ether oxygens (including phenoxy) is 1. The third kappa shape index (κ3) is 5.16. The standard InChI is InChI=1S/C16H16F6N6O/c1-8-11(18)9(17)6-10(12(8)19)24-13-25-14(28-4-2-23-3-5-28)27-15(26-13)29-7-16(20,21)22/h6,23H,2-5,7H2,1H3,(H,24,25,26,27). The van der Waals surface area contributed by atoms with Crippen LogP contribution in [0.4, 0.5) is 43.9 Å². The van der Waals surface area contributed by atoms with Crippen LogP contribution in [0.3, 0.4) is 0 Å². The summed E-state index contributed by atoms with van der Waals surface area (Å²) in [6.07, 6.45) is -4.63. The van der Waals surface area contributed by atoms with E-state index >= 15 is 0 Å². The summed E-state index contributed by atoms with van der Waals surface area (Å²) in [6.45, 7) is 1.49. The summed E-state index contributed by atoms with van der Waals surface area (Å²) in [4.78, 5) is 13.2. The molecule has 158 valence electrons. The molecule has 0 spiro atoms. The van der Waals surface area contributed by atoms with E-state index in [9.17, 15) is 26.3 Å². The Morgan fingerprint density at radius 2 is 1.79 bits per heavy atom. The van der Waals surface area contributed by atoms with Gasteiger partial charge in [-0.25, -0.2) is 13.2 Å². The number of piperazine rings is 1. The van der Waals surface area contributed by atoms with Gasteiger partial charge in [0.05, 0.1) is 5.69 Å². The zero-order valence-electron chi connectivity index (χ0n) is 15.1. The summed E-state index contributed by atoms with van der Waals surface area (Å²) in [5.74, 6) is -4.13. The van der Waals surface area contributed by atoms with Crippen molar-refractivity contribution >= 4 is 17.6 Å². The van der Waals surface area contributed by atoms with Crippen molar-refractivity contribution in [1.82, 2.24) is 20.3 Å². The van der Waals surface area contributed by atoms with Gasteiger partial charge >= 0.3 is 12.2 Å². The van der Waals surface area contributed by atoms with Crippen LogP contribution in [0.2, 0.25) is 0 Å². The first-order valence-electron chi connectivity index (χ1n) is 8.46. The minimum atomic E-state index is -4.63. The van der Waals surface area contributed by atoms with Crippen LogP contribution in [0.5, 0.6) is 6.01 Å². The van der Waals surface area contributed by atoms with Gasteiger partial charge in [0.1, 0.15) is 0 Å². The Morgan fingerprint density at radius 3 is 2.45 bits per heavy atom. The molecule has 2 N–H and O–H groups in total. The Bertz CT molecular complexity index is 887. The van der Waals surface area contributed by atoms with Crippen LogP contribution in [-0.2, 0) is 0 Å². The van der Waals surface area contributed by atoms with Gasteiger partial charge in [0.25, 0.3) is 0 Å². The third-order valence-corrected chi connectivity index (χ3v) is 3.99. The molecule has 0 atom stereocenters. The van der Waals surface area contributed by atoms with Crippen LogP contribution in [0.15, 0.2) is 6.07 Å². The Balaban J connectivity index is 1.94. The molecule has 1 aromatic carbocycles. The lowest BCUT2D eigenvalue weighted by Crippen LogP contribution is -2.44. The van der Waals surface area contributed by atoms with Gasteiger partial charge in [0.2, 0.25) is 11.9 Å². The molecule has 1 aliphatic rings. The Kier molecular flexibility index (Phi) is 5.96. The average molecular weight is 422 g/mol. The van der Waals surface area contributed by atoms with Gasteiger partial charge in [0, 0.05) is 37.8 Å². The molecule has 1 fully saturated rings. The first-order valence-corrected chi connectivity index (χ1v) is 8.46. The molecular weight excluding hydrogens is 406 g/mol. The highest BCUT2D eigenvalue weighted by Crippen LogP contribution is 2.27. The molecular formula is C16H16F6N6O. The highest BCUT2D eigenvalue weighted by atomic mass is 19.4. The van der Waals surface area contributed by atoms with Crippen molar-refractivity contribution in [2.75, 3.05) is 43.0 Å². The van der Waals surface area contributed by atoms with Crippen LogP contribution in [0.25, 0.3) is 0 Å². The molecule has 0 radical (unpaired) electrons. The van der Waals surface area contributed by atoms with E-state index in [-0.39, 0.29) is 11.9 Å². The predicted molar refractivity (Wildman–Crippen MR) is 90.8 cm³/mol. The van der Waals surface area contributed by atoms with Gasteiger partial charge in [-0.1, -0.05) is 0 Å². The Morgan fingerprint density at radius 1 is 1.10 bits per heavy atom. The summed E-state index contributed by atoms with van der Waals surface area (Å²) in [5.41, 5.74) is -1.06. The third-order valence-electron chi connectivity index (χ3n) is 3.99. The van der Waals surface area contributed by atoms with Crippen molar-refractivity contribution in [3.63, 3.8) is 0 Å². The number of benzene rings is 1. The summed E-state index contributed by atoms with van der Waals surface area (Å²) < 4.78 is 83.3. The highest BCUT2D eigenvalue weighted by molar-refractivity contribution is 5.57. The van der Waals surface area contributed by atoms with Crippen LogP contribution >= 0.6 is 0 Å². The second kappa shape index (κ2) is 8.27. The van der Waals surface area contributed by atoms with Crippen molar-refractivity contribution in [2.45, 2.75) is 13.1 Å². The van der Waals surface area contributed by atoms with Crippen LogP contribution in [0.1, 0.15) is 5.56 Å². The molecule has 2 aromatic rings. The molecule has 1 aliphatic heterocycles. The van der Waals surface area contributed by atoms with Crippen molar-refractivity contribution in [3.8, 4) is 6.01 Å². The van der Waals surface area contributed by atoms with Gasteiger partial charge in [-0.15, -0.1) is 0 Å². The maximum Gasteiger partial charge on any atom is 0.422 e. The van der Waals surface area contributed by atoms with E-state index in [1.54, 1.807) is 4.90 Å². The minimum absolute atomic E-state index is 0.000822. The second-order valence-electron chi connectivity index (χ2n) is 6.17. The molecule has 29 heavy (non-hydrogen) atoms. The zero-order chi connectivity index (χ0) is 21.2. The number of halogens is 6. The molecule has 1 aromatic heterocycles. The fourth-order valence-corrected chi connectivity index (χ4v) is 2.56. The summed E-state index contributed by atoms with van der Waals surface area (Å²) in [6, 6.07) is -0.0876. The van der Waals surface area contributed by atoms with Crippen LogP contribution in [0, 0.1) is 24.4 Å². The summed E-state index contributed by atoms with van der Waals surface area (Å²) in [7, 11) is 0. The lowest BCUT2D eigenvalue weighted by molar-refractivity contribution is -0.154. The van der Waals surface area contributed by atoms with E-state index in [4.69, 9.17) is 0 Å². The van der Waals surface area contributed by atoms with E-state index in [2.05, 4.69) is 30.3 Å². The highest BCUT2D eigenvalue weighted by Gasteiger charge is 2.29. The Labute approximate surface area is 161 Å². The van der Waals surface area contributed by atoms with E-state index < -0.39 is 47.5 Å². The first kappa shape index (κ1) is 20.9. The summed E-state index contributed by atoms with van der Waals surface area (Å²) >= 11 is 0. The van der Waals surface area contributed by atoms with Crippen LogP contribution < -0.4 is 20.3 Å². The lowest BCUT2D eigenvalue weighted by Gasteiger charge is -2.27. The average Bonchev–Trinajstić information content (AvgIpc) is 2.69. The van der Waals surface area contributed by atoms with Crippen molar-refractivity contribution < 1.29 is 31.1 Å².